The van der Waals surface area contributed by atoms with Gasteiger partial charge in [0.2, 0.25) is 0 Å². The quantitative estimate of drug-likeness (QED) is 0.536. The van der Waals surface area contributed by atoms with E-state index in [0.29, 0.717) is 28.8 Å². The van der Waals surface area contributed by atoms with E-state index in [0.717, 1.165) is 0 Å². The summed E-state index contributed by atoms with van der Waals surface area (Å²) in [5.74, 6) is 1.93. The number of halogens is 1. The summed E-state index contributed by atoms with van der Waals surface area (Å²) in [7, 11) is 0. The maximum absolute atomic E-state index is 6.22. The van der Waals surface area contributed by atoms with Gasteiger partial charge in [0.05, 0.1) is 12.2 Å². The van der Waals surface area contributed by atoms with Crippen molar-refractivity contribution in [1.82, 2.24) is 0 Å². The highest BCUT2D eigenvalue weighted by molar-refractivity contribution is 8.00. The Kier molecular flexibility index (Phi) is 3.11. The fraction of sp³-hybridized carbons (Fsp3) is 1.00. The van der Waals surface area contributed by atoms with Crippen molar-refractivity contribution < 1.29 is 4.74 Å². The van der Waals surface area contributed by atoms with Crippen LogP contribution in [0, 0.1) is 5.92 Å². The van der Waals surface area contributed by atoms with Gasteiger partial charge in [0.1, 0.15) is 0 Å². The van der Waals surface area contributed by atoms with E-state index in [1.807, 2.05) is 11.8 Å². The molecule has 76 valence electrons. The van der Waals surface area contributed by atoms with Crippen LogP contribution in [0.3, 0.4) is 0 Å². The first-order valence-electron chi connectivity index (χ1n) is 5.09. The van der Waals surface area contributed by atoms with E-state index in [9.17, 15) is 0 Å². The van der Waals surface area contributed by atoms with E-state index in [4.69, 9.17) is 16.3 Å². The van der Waals surface area contributed by atoms with E-state index >= 15 is 0 Å². The van der Waals surface area contributed by atoms with Crippen molar-refractivity contribution in [3.8, 4) is 0 Å². The third kappa shape index (κ3) is 2.34. The third-order valence-corrected chi connectivity index (χ3v) is 5.14. The SMILES string of the molecule is CC(CC1SCCC1Cl)C1OC1C. The number of thioether (sulfide) groups is 1. The Morgan fingerprint density at radius 2 is 2.31 bits per heavy atom. The van der Waals surface area contributed by atoms with Gasteiger partial charge in [0.15, 0.2) is 0 Å². The smallest absolute Gasteiger partial charge is 0.0864 e. The predicted molar refractivity (Wildman–Crippen MR) is 58.6 cm³/mol. The second-order valence-corrected chi connectivity index (χ2v) is 6.14. The number of rotatable bonds is 3. The number of ether oxygens (including phenoxy) is 1. The molecule has 0 aromatic rings. The van der Waals surface area contributed by atoms with Gasteiger partial charge < -0.3 is 4.74 Å². The molecule has 0 N–H and O–H groups in total. The number of hydrogen-bond donors (Lipinski definition) is 0. The van der Waals surface area contributed by atoms with Crippen LogP contribution in [-0.2, 0) is 4.74 Å². The van der Waals surface area contributed by atoms with E-state index in [2.05, 4.69) is 13.8 Å². The molecule has 2 saturated heterocycles. The summed E-state index contributed by atoms with van der Waals surface area (Å²) in [6.45, 7) is 4.44. The Hall–Kier alpha value is 0.600. The van der Waals surface area contributed by atoms with Gasteiger partial charge in [-0.3, -0.25) is 0 Å². The zero-order valence-electron chi connectivity index (χ0n) is 8.20. The number of hydrogen-bond acceptors (Lipinski definition) is 2. The summed E-state index contributed by atoms with van der Waals surface area (Å²) in [5, 5.41) is 1.08. The van der Waals surface area contributed by atoms with Crippen molar-refractivity contribution in [3.05, 3.63) is 0 Å². The first-order chi connectivity index (χ1) is 6.18. The first kappa shape index (κ1) is 10.1. The summed E-state index contributed by atoms with van der Waals surface area (Å²) in [5.41, 5.74) is 0. The van der Waals surface area contributed by atoms with Crippen molar-refractivity contribution in [2.24, 2.45) is 5.92 Å². The highest BCUT2D eigenvalue weighted by atomic mass is 35.5. The van der Waals surface area contributed by atoms with Crippen LogP contribution in [0.5, 0.6) is 0 Å². The summed E-state index contributed by atoms with van der Waals surface area (Å²) >= 11 is 8.26. The first-order valence-corrected chi connectivity index (χ1v) is 6.58. The molecule has 2 aliphatic heterocycles. The molecule has 0 radical (unpaired) electrons. The Labute approximate surface area is 89.6 Å². The summed E-state index contributed by atoms with van der Waals surface area (Å²) in [6, 6.07) is 0. The molecule has 3 heteroatoms. The van der Waals surface area contributed by atoms with Crippen LogP contribution in [0.25, 0.3) is 0 Å². The zero-order chi connectivity index (χ0) is 9.42. The zero-order valence-corrected chi connectivity index (χ0v) is 9.77. The number of epoxide rings is 1. The minimum Gasteiger partial charge on any atom is -0.370 e. The van der Waals surface area contributed by atoms with E-state index in [1.165, 1.54) is 18.6 Å². The summed E-state index contributed by atoms with van der Waals surface area (Å²) in [6.07, 6.45) is 3.43. The van der Waals surface area contributed by atoms with Crippen molar-refractivity contribution in [2.45, 2.75) is 49.5 Å². The van der Waals surface area contributed by atoms with Crippen LogP contribution in [0.4, 0.5) is 0 Å². The van der Waals surface area contributed by atoms with E-state index in [1.54, 1.807) is 0 Å². The molecule has 0 bridgehead atoms. The van der Waals surface area contributed by atoms with Crippen molar-refractivity contribution in [2.75, 3.05) is 5.75 Å². The van der Waals surface area contributed by atoms with Gasteiger partial charge in [-0.05, 0) is 31.4 Å². The molecule has 2 heterocycles. The maximum atomic E-state index is 6.22. The molecular weight excluding hydrogens is 204 g/mol. The monoisotopic (exact) mass is 220 g/mol. The van der Waals surface area contributed by atoms with Gasteiger partial charge in [-0.15, -0.1) is 11.6 Å². The molecule has 0 saturated carbocycles. The normalized spacial score (nSPS) is 46.4. The van der Waals surface area contributed by atoms with Gasteiger partial charge in [0.25, 0.3) is 0 Å². The fourth-order valence-corrected chi connectivity index (χ4v) is 4.17. The maximum Gasteiger partial charge on any atom is 0.0864 e. The lowest BCUT2D eigenvalue weighted by Crippen LogP contribution is -2.18. The van der Waals surface area contributed by atoms with Crippen LogP contribution in [0.1, 0.15) is 26.7 Å². The largest absolute Gasteiger partial charge is 0.370 e. The second-order valence-electron chi connectivity index (χ2n) is 4.23. The number of alkyl halides is 1. The molecule has 0 aromatic carbocycles. The topological polar surface area (TPSA) is 12.5 Å². The van der Waals surface area contributed by atoms with Crippen LogP contribution >= 0.6 is 23.4 Å². The van der Waals surface area contributed by atoms with E-state index in [-0.39, 0.29) is 0 Å². The molecule has 0 aromatic heterocycles. The highest BCUT2D eigenvalue weighted by Gasteiger charge is 2.41. The Balaban J connectivity index is 1.77. The molecule has 0 spiro atoms. The highest BCUT2D eigenvalue weighted by Crippen LogP contribution is 2.39. The Bertz CT molecular complexity index is 188. The predicted octanol–water partition coefficient (Wildman–Crippen LogP) is 2.91. The van der Waals surface area contributed by atoms with Crippen molar-refractivity contribution >= 4 is 23.4 Å². The molecule has 2 fully saturated rings. The lowest BCUT2D eigenvalue weighted by molar-refractivity contribution is 0.318. The lowest BCUT2D eigenvalue weighted by atomic mass is 9.98. The Morgan fingerprint density at radius 1 is 1.62 bits per heavy atom. The molecule has 13 heavy (non-hydrogen) atoms. The molecule has 2 rings (SSSR count). The minimum atomic E-state index is 0.404. The second kappa shape index (κ2) is 4.00. The molecule has 0 amide bonds. The average Bonchev–Trinajstić information content (AvgIpc) is 2.68. The van der Waals surface area contributed by atoms with Crippen molar-refractivity contribution in [3.63, 3.8) is 0 Å². The average molecular weight is 221 g/mol. The van der Waals surface area contributed by atoms with E-state index < -0.39 is 0 Å². The molecular formula is C10H17ClOS. The summed E-state index contributed by atoms with van der Waals surface area (Å²) < 4.78 is 5.47. The van der Waals surface area contributed by atoms with Crippen LogP contribution < -0.4 is 0 Å². The van der Waals surface area contributed by atoms with Gasteiger partial charge in [-0.25, -0.2) is 0 Å². The van der Waals surface area contributed by atoms with Gasteiger partial charge in [-0.2, -0.15) is 11.8 Å². The Morgan fingerprint density at radius 3 is 2.77 bits per heavy atom. The lowest BCUT2D eigenvalue weighted by Gasteiger charge is -2.16. The van der Waals surface area contributed by atoms with Gasteiger partial charge in [0, 0.05) is 10.6 Å². The molecule has 0 aliphatic carbocycles. The minimum absolute atomic E-state index is 0.404. The molecule has 2 aliphatic rings. The summed E-state index contributed by atoms with van der Waals surface area (Å²) in [4.78, 5) is 0. The molecule has 5 atom stereocenters. The van der Waals surface area contributed by atoms with Gasteiger partial charge >= 0.3 is 0 Å². The molecule has 5 unspecified atom stereocenters. The van der Waals surface area contributed by atoms with Crippen molar-refractivity contribution in [1.29, 1.82) is 0 Å². The van der Waals surface area contributed by atoms with Crippen LogP contribution in [0.2, 0.25) is 0 Å². The fourth-order valence-electron chi connectivity index (χ4n) is 2.14. The van der Waals surface area contributed by atoms with Crippen LogP contribution in [0.15, 0.2) is 0 Å². The molecule has 1 nitrogen and oxygen atoms in total. The van der Waals surface area contributed by atoms with Crippen LogP contribution in [-0.4, -0.2) is 28.6 Å². The standard InChI is InChI=1S/C10H17ClOS/c1-6(10-7(2)12-10)5-9-8(11)3-4-13-9/h6-10H,3-5H2,1-2H3. The third-order valence-electron chi connectivity index (χ3n) is 3.05. The van der Waals surface area contributed by atoms with Gasteiger partial charge in [-0.1, -0.05) is 6.92 Å².